The number of aliphatic hydroxyl groups is 1. The van der Waals surface area contributed by atoms with Crippen molar-refractivity contribution in [3.05, 3.63) is 29.8 Å². The normalized spacial score (nSPS) is 24.7. The van der Waals surface area contributed by atoms with Gasteiger partial charge < -0.3 is 15.3 Å². The number of carbonyl (C=O) groups is 2. The Hall–Kier alpha value is -1.88. The third kappa shape index (κ3) is 3.55. The fraction of sp³-hybridized carbons (Fsp3) is 0.556. The number of hydrogen-bond acceptors (Lipinski definition) is 3. The van der Waals surface area contributed by atoms with Gasteiger partial charge in [0.2, 0.25) is 5.91 Å². The van der Waals surface area contributed by atoms with Crippen LogP contribution in [0, 0.1) is 5.92 Å². The largest absolute Gasteiger partial charge is 0.396 e. The van der Waals surface area contributed by atoms with E-state index in [1.54, 1.807) is 17.0 Å². The second kappa shape index (κ2) is 7.13. The van der Waals surface area contributed by atoms with Gasteiger partial charge in [0.05, 0.1) is 0 Å². The average molecular weight is 316 g/mol. The van der Waals surface area contributed by atoms with Crippen LogP contribution in [0.25, 0.3) is 0 Å². The van der Waals surface area contributed by atoms with E-state index in [-0.39, 0.29) is 30.4 Å². The molecule has 23 heavy (non-hydrogen) atoms. The van der Waals surface area contributed by atoms with Gasteiger partial charge in [-0.2, -0.15) is 0 Å². The van der Waals surface area contributed by atoms with Crippen LogP contribution < -0.4 is 10.2 Å². The van der Waals surface area contributed by atoms with Gasteiger partial charge in [-0.1, -0.05) is 12.8 Å². The zero-order valence-corrected chi connectivity index (χ0v) is 13.3. The zero-order chi connectivity index (χ0) is 16.2. The first kappa shape index (κ1) is 16.0. The molecule has 3 rings (SSSR count). The van der Waals surface area contributed by atoms with Gasteiger partial charge in [0, 0.05) is 42.8 Å². The van der Waals surface area contributed by atoms with E-state index in [0.29, 0.717) is 12.0 Å². The maximum absolute atomic E-state index is 12.4. The molecule has 2 unspecified atom stereocenters. The van der Waals surface area contributed by atoms with Crippen LogP contribution in [0.2, 0.25) is 0 Å². The Morgan fingerprint density at radius 1 is 1.17 bits per heavy atom. The van der Waals surface area contributed by atoms with Crippen molar-refractivity contribution in [3.63, 3.8) is 0 Å². The number of hydrogen-bond donors (Lipinski definition) is 2. The standard InChI is InChI=1S/C18H24N2O3/c21-12-14-4-1-2-5-16(14)19-18(23)13-7-9-15(10-8-13)20-11-3-6-17(20)22/h7-10,14,16,21H,1-6,11-12H2,(H,19,23). The fourth-order valence-electron chi connectivity index (χ4n) is 3.58. The molecule has 1 aliphatic heterocycles. The van der Waals surface area contributed by atoms with Crippen LogP contribution in [-0.4, -0.2) is 36.1 Å². The molecule has 1 saturated carbocycles. The lowest BCUT2D eigenvalue weighted by molar-refractivity contribution is -0.117. The number of anilines is 1. The monoisotopic (exact) mass is 316 g/mol. The van der Waals surface area contributed by atoms with Gasteiger partial charge in [0.1, 0.15) is 0 Å². The lowest BCUT2D eigenvalue weighted by Crippen LogP contribution is -2.43. The van der Waals surface area contributed by atoms with Crippen molar-refractivity contribution in [2.75, 3.05) is 18.1 Å². The summed E-state index contributed by atoms with van der Waals surface area (Å²) in [5, 5.41) is 12.5. The number of benzene rings is 1. The first-order valence-corrected chi connectivity index (χ1v) is 8.51. The minimum atomic E-state index is -0.102. The lowest BCUT2D eigenvalue weighted by Gasteiger charge is -2.30. The topological polar surface area (TPSA) is 69.6 Å². The summed E-state index contributed by atoms with van der Waals surface area (Å²) in [4.78, 5) is 25.9. The molecule has 2 N–H and O–H groups in total. The lowest BCUT2D eigenvalue weighted by atomic mass is 9.85. The Bertz CT molecular complexity index is 570. The summed E-state index contributed by atoms with van der Waals surface area (Å²) in [6, 6.07) is 7.27. The zero-order valence-electron chi connectivity index (χ0n) is 13.3. The number of nitrogens with one attached hydrogen (secondary N) is 1. The van der Waals surface area contributed by atoms with E-state index in [0.717, 1.165) is 44.3 Å². The van der Waals surface area contributed by atoms with Gasteiger partial charge in [-0.25, -0.2) is 0 Å². The Morgan fingerprint density at radius 2 is 1.91 bits per heavy atom. The summed E-state index contributed by atoms with van der Waals surface area (Å²) in [5.41, 5.74) is 1.46. The molecule has 2 atom stereocenters. The summed E-state index contributed by atoms with van der Waals surface area (Å²) in [6.07, 6.45) is 5.61. The molecular weight excluding hydrogens is 292 g/mol. The Labute approximate surface area is 136 Å². The van der Waals surface area contributed by atoms with E-state index < -0.39 is 0 Å². The average Bonchev–Trinajstić information content (AvgIpc) is 3.01. The van der Waals surface area contributed by atoms with E-state index >= 15 is 0 Å². The maximum Gasteiger partial charge on any atom is 0.251 e. The highest BCUT2D eigenvalue weighted by atomic mass is 16.3. The van der Waals surface area contributed by atoms with Crippen molar-refractivity contribution < 1.29 is 14.7 Å². The Kier molecular flexibility index (Phi) is 4.96. The molecule has 0 radical (unpaired) electrons. The SMILES string of the molecule is O=C(NC1CCCCC1CO)c1ccc(N2CCCC2=O)cc1. The van der Waals surface area contributed by atoms with E-state index in [1.165, 1.54) is 0 Å². The van der Waals surface area contributed by atoms with Crippen LogP contribution >= 0.6 is 0 Å². The quantitative estimate of drug-likeness (QED) is 0.893. The van der Waals surface area contributed by atoms with Crippen LogP contribution in [0.4, 0.5) is 5.69 Å². The fourth-order valence-corrected chi connectivity index (χ4v) is 3.58. The van der Waals surface area contributed by atoms with Gasteiger partial charge in [0.15, 0.2) is 0 Å². The van der Waals surface area contributed by atoms with Crippen LogP contribution in [0.3, 0.4) is 0 Å². The van der Waals surface area contributed by atoms with E-state index in [1.807, 2.05) is 12.1 Å². The van der Waals surface area contributed by atoms with E-state index in [4.69, 9.17) is 0 Å². The molecule has 2 aliphatic rings. The third-order valence-electron chi connectivity index (χ3n) is 4.97. The number of amides is 2. The van der Waals surface area contributed by atoms with Gasteiger partial charge >= 0.3 is 0 Å². The highest BCUT2D eigenvalue weighted by Crippen LogP contribution is 2.25. The minimum absolute atomic E-state index is 0.0566. The summed E-state index contributed by atoms with van der Waals surface area (Å²) in [5.74, 6) is 0.207. The van der Waals surface area contributed by atoms with Crippen LogP contribution in [0.5, 0.6) is 0 Å². The van der Waals surface area contributed by atoms with Gasteiger partial charge in [-0.3, -0.25) is 9.59 Å². The van der Waals surface area contributed by atoms with Crippen LogP contribution in [0.1, 0.15) is 48.9 Å². The molecule has 5 nitrogen and oxygen atoms in total. The van der Waals surface area contributed by atoms with E-state index in [2.05, 4.69) is 5.32 Å². The molecule has 1 aromatic carbocycles. The van der Waals surface area contributed by atoms with Gasteiger partial charge in [0.25, 0.3) is 5.91 Å². The van der Waals surface area contributed by atoms with Crippen molar-refractivity contribution in [1.29, 1.82) is 0 Å². The second-order valence-corrected chi connectivity index (χ2v) is 6.50. The number of rotatable bonds is 4. The second-order valence-electron chi connectivity index (χ2n) is 6.50. The molecule has 5 heteroatoms. The first-order valence-electron chi connectivity index (χ1n) is 8.51. The molecule has 1 heterocycles. The summed E-state index contributed by atoms with van der Waals surface area (Å²) >= 11 is 0. The van der Waals surface area contributed by atoms with Crippen molar-refractivity contribution in [1.82, 2.24) is 5.32 Å². The molecule has 124 valence electrons. The smallest absolute Gasteiger partial charge is 0.251 e. The molecule has 1 aliphatic carbocycles. The number of carbonyl (C=O) groups excluding carboxylic acids is 2. The Morgan fingerprint density at radius 3 is 2.57 bits per heavy atom. The third-order valence-corrected chi connectivity index (χ3v) is 4.97. The molecular formula is C18H24N2O3. The highest BCUT2D eigenvalue weighted by Gasteiger charge is 2.26. The van der Waals surface area contributed by atoms with Crippen molar-refractivity contribution >= 4 is 17.5 Å². The van der Waals surface area contributed by atoms with Crippen LogP contribution in [-0.2, 0) is 4.79 Å². The van der Waals surface area contributed by atoms with E-state index in [9.17, 15) is 14.7 Å². The Balaban J connectivity index is 1.64. The summed E-state index contributed by atoms with van der Waals surface area (Å²) < 4.78 is 0. The number of nitrogens with zero attached hydrogens (tertiary/aromatic N) is 1. The predicted octanol–water partition coefficient (Wildman–Crippen LogP) is 2.09. The molecule has 0 spiro atoms. The maximum atomic E-state index is 12.4. The van der Waals surface area contributed by atoms with Crippen molar-refractivity contribution in [2.45, 2.75) is 44.6 Å². The van der Waals surface area contributed by atoms with Crippen molar-refractivity contribution in [2.24, 2.45) is 5.92 Å². The van der Waals surface area contributed by atoms with Gasteiger partial charge in [-0.15, -0.1) is 0 Å². The number of aliphatic hydroxyl groups excluding tert-OH is 1. The molecule has 1 aromatic rings. The summed E-state index contributed by atoms with van der Waals surface area (Å²) in [7, 11) is 0. The first-order chi connectivity index (χ1) is 11.2. The molecule has 2 fully saturated rings. The summed E-state index contributed by atoms with van der Waals surface area (Å²) in [6.45, 7) is 0.881. The predicted molar refractivity (Wildman–Crippen MR) is 88.3 cm³/mol. The molecule has 1 saturated heterocycles. The highest BCUT2D eigenvalue weighted by molar-refractivity contribution is 5.97. The minimum Gasteiger partial charge on any atom is -0.396 e. The molecule has 2 amide bonds. The van der Waals surface area contributed by atoms with Crippen LogP contribution in [0.15, 0.2) is 24.3 Å². The van der Waals surface area contributed by atoms with Crippen molar-refractivity contribution in [3.8, 4) is 0 Å². The molecule has 0 bridgehead atoms. The van der Waals surface area contributed by atoms with Gasteiger partial charge in [-0.05, 0) is 43.5 Å². The molecule has 0 aromatic heterocycles.